The van der Waals surface area contributed by atoms with E-state index in [9.17, 15) is 0 Å². The first-order valence-electron chi connectivity index (χ1n) is 8.62. The van der Waals surface area contributed by atoms with Gasteiger partial charge in [-0.25, -0.2) is 0 Å². The van der Waals surface area contributed by atoms with Gasteiger partial charge in [0.05, 0.1) is 0 Å². The van der Waals surface area contributed by atoms with Crippen LogP contribution in [0, 0.1) is 11.8 Å². The molecule has 1 fully saturated rings. The Kier molecular flexibility index (Phi) is 4.74. The second kappa shape index (κ2) is 6.74. The number of allylic oxidation sites excluding steroid dienone is 5. The third kappa shape index (κ3) is 3.21. The van der Waals surface area contributed by atoms with Gasteiger partial charge in [0.1, 0.15) is 0 Å². The van der Waals surface area contributed by atoms with E-state index in [4.69, 9.17) is 5.73 Å². The summed E-state index contributed by atoms with van der Waals surface area (Å²) in [6.45, 7) is 1.98. The number of rotatable bonds is 4. The predicted molar refractivity (Wildman–Crippen MR) is 90.3 cm³/mol. The molecule has 0 heterocycles. The van der Waals surface area contributed by atoms with Crippen molar-refractivity contribution in [3.63, 3.8) is 0 Å². The summed E-state index contributed by atoms with van der Waals surface area (Å²) in [7, 11) is 0. The summed E-state index contributed by atoms with van der Waals surface area (Å²) in [5.74, 6) is 1.40. The van der Waals surface area contributed by atoms with Crippen molar-refractivity contribution in [2.75, 3.05) is 0 Å². The van der Waals surface area contributed by atoms with Gasteiger partial charge in [0.25, 0.3) is 0 Å². The minimum absolute atomic E-state index is 0.385. The molecular weight excluding hydrogens is 256 g/mol. The molecule has 2 N–H and O–H groups in total. The maximum Gasteiger partial charge on any atom is 0.0298 e. The molecule has 2 heteroatoms. The molecule has 0 spiro atoms. The third-order valence-corrected chi connectivity index (χ3v) is 5.44. The minimum Gasteiger partial charge on any atom is -0.327 e. The minimum atomic E-state index is 0.385. The van der Waals surface area contributed by atoms with E-state index < -0.39 is 0 Å². The van der Waals surface area contributed by atoms with Crippen LogP contribution in [-0.4, -0.2) is 12.3 Å². The average Bonchev–Trinajstić information content (AvgIpc) is 3.14. The normalized spacial score (nSPS) is 29.8. The number of hydrogen-bond donors (Lipinski definition) is 1. The number of aliphatic imine (C=N–C) groups is 1. The molecule has 3 aliphatic carbocycles. The van der Waals surface area contributed by atoms with E-state index in [1.807, 2.05) is 13.1 Å². The Morgan fingerprint density at radius 3 is 2.95 bits per heavy atom. The fourth-order valence-corrected chi connectivity index (χ4v) is 4.32. The summed E-state index contributed by atoms with van der Waals surface area (Å²) in [6, 6.07) is 0.385. The quantitative estimate of drug-likeness (QED) is 0.756. The van der Waals surface area contributed by atoms with E-state index in [0.29, 0.717) is 12.0 Å². The largest absolute Gasteiger partial charge is 0.327 e. The summed E-state index contributed by atoms with van der Waals surface area (Å²) in [5.41, 5.74) is 11.1. The van der Waals surface area contributed by atoms with Gasteiger partial charge in [0, 0.05) is 18.5 Å². The van der Waals surface area contributed by atoms with E-state index in [1.165, 1.54) is 44.1 Å². The zero-order valence-corrected chi connectivity index (χ0v) is 13.2. The molecule has 0 aliphatic heterocycles. The molecule has 21 heavy (non-hydrogen) atoms. The van der Waals surface area contributed by atoms with Crippen LogP contribution in [-0.2, 0) is 0 Å². The van der Waals surface area contributed by atoms with Crippen molar-refractivity contribution in [1.29, 1.82) is 0 Å². The molecule has 3 aliphatic rings. The maximum absolute atomic E-state index is 6.53. The van der Waals surface area contributed by atoms with Crippen LogP contribution in [0.1, 0.15) is 58.3 Å². The SMILES string of the molecule is C/C=N\C=C1/CC(CC(N)C2CCCC2)C2=C1CCC=C2. The van der Waals surface area contributed by atoms with Gasteiger partial charge in [-0.2, -0.15) is 0 Å². The summed E-state index contributed by atoms with van der Waals surface area (Å²) in [5, 5.41) is 0. The Morgan fingerprint density at radius 2 is 2.19 bits per heavy atom. The summed E-state index contributed by atoms with van der Waals surface area (Å²) in [4.78, 5) is 4.36. The van der Waals surface area contributed by atoms with Crippen LogP contribution in [0.4, 0.5) is 0 Å². The molecule has 0 aromatic heterocycles. The zero-order valence-electron chi connectivity index (χ0n) is 13.2. The first-order valence-corrected chi connectivity index (χ1v) is 8.62. The van der Waals surface area contributed by atoms with Crippen LogP contribution in [0.5, 0.6) is 0 Å². The maximum atomic E-state index is 6.53. The van der Waals surface area contributed by atoms with E-state index in [0.717, 1.165) is 18.8 Å². The predicted octanol–water partition coefficient (Wildman–Crippen LogP) is 4.54. The Labute approximate surface area is 128 Å². The number of nitrogens with zero attached hydrogens (tertiary/aromatic N) is 1. The highest BCUT2D eigenvalue weighted by atomic mass is 14.7. The molecule has 2 unspecified atom stereocenters. The van der Waals surface area contributed by atoms with E-state index in [-0.39, 0.29) is 0 Å². The van der Waals surface area contributed by atoms with Gasteiger partial charge in [0.2, 0.25) is 0 Å². The molecule has 1 saturated carbocycles. The topological polar surface area (TPSA) is 38.4 Å². The lowest BCUT2D eigenvalue weighted by molar-refractivity contribution is 0.371. The zero-order chi connectivity index (χ0) is 14.7. The van der Waals surface area contributed by atoms with Gasteiger partial charge in [-0.3, -0.25) is 4.99 Å². The van der Waals surface area contributed by atoms with Gasteiger partial charge in [-0.1, -0.05) is 25.0 Å². The van der Waals surface area contributed by atoms with Crippen molar-refractivity contribution in [2.45, 2.75) is 64.3 Å². The summed E-state index contributed by atoms with van der Waals surface area (Å²) in [6.07, 6.45) is 18.8. The second-order valence-electron chi connectivity index (χ2n) is 6.78. The Bertz CT molecular complexity index is 490. The van der Waals surface area contributed by atoms with Crippen LogP contribution >= 0.6 is 0 Å². The molecule has 0 amide bonds. The highest BCUT2D eigenvalue weighted by molar-refractivity contribution is 5.56. The van der Waals surface area contributed by atoms with Crippen LogP contribution in [0.2, 0.25) is 0 Å². The lowest BCUT2D eigenvalue weighted by Gasteiger charge is -2.23. The van der Waals surface area contributed by atoms with Crippen LogP contribution < -0.4 is 5.73 Å². The van der Waals surface area contributed by atoms with Crippen molar-refractivity contribution in [2.24, 2.45) is 22.6 Å². The molecular formula is C19H28N2. The molecule has 2 nitrogen and oxygen atoms in total. The smallest absolute Gasteiger partial charge is 0.0298 e. The molecule has 0 radical (unpaired) electrons. The van der Waals surface area contributed by atoms with E-state index in [2.05, 4.69) is 23.3 Å². The molecule has 0 aromatic rings. The van der Waals surface area contributed by atoms with Gasteiger partial charge in [-0.05, 0) is 74.0 Å². The highest BCUT2D eigenvalue weighted by Gasteiger charge is 2.32. The van der Waals surface area contributed by atoms with E-state index >= 15 is 0 Å². The van der Waals surface area contributed by atoms with Crippen LogP contribution in [0.15, 0.2) is 40.1 Å². The van der Waals surface area contributed by atoms with Crippen molar-refractivity contribution in [3.8, 4) is 0 Å². The molecule has 0 saturated heterocycles. The molecule has 2 atom stereocenters. The van der Waals surface area contributed by atoms with Gasteiger partial charge < -0.3 is 5.73 Å². The van der Waals surface area contributed by atoms with Crippen molar-refractivity contribution < 1.29 is 0 Å². The standard InChI is InChI=1S/C19H28N2/c1-2-21-13-16-11-15(17-9-5-6-10-18(16)17)12-19(20)14-7-3-4-8-14/h2,5,9,13-15,19H,3-4,6-8,10-12,20H2,1H3/b16-13+,21-2-. The number of hydrogen-bond acceptors (Lipinski definition) is 2. The van der Waals surface area contributed by atoms with Crippen LogP contribution in [0.3, 0.4) is 0 Å². The third-order valence-electron chi connectivity index (χ3n) is 5.44. The summed E-state index contributed by atoms with van der Waals surface area (Å²) >= 11 is 0. The van der Waals surface area contributed by atoms with Gasteiger partial charge in [-0.15, -0.1) is 0 Å². The molecule has 114 valence electrons. The molecule has 3 rings (SSSR count). The lowest BCUT2D eigenvalue weighted by atomic mass is 9.85. The monoisotopic (exact) mass is 284 g/mol. The molecule has 0 bridgehead atoms. The Hall–Kier alpha value is -1.15. The van der Waals surface area contributed by atoms with Crippen molar-refractivity contribution in [3.05, 3.63) is 35.1 Å². The van der Waals surface area contributed by atoms with E-state index in [1.54, 1.807) is 11.1 Å². The first kappa shape index (κ1) is 14.8. The summed E-state index contributed by atoms with van der Waals surface area (Å²) < 4.78 is 0. The average molecular weight is 284 g/mol. The Balaban J connectivity index is 1.74. The van der Waals surface area contributed by atoms with Crippen molar-refractivity contribution in [1.82, 2.24) is 0 Å². The molecule has 0 aromatic carbocycles. The van der Waals surface area contributed by atoms with Crippen LogP contribution in [0.25, 0.3) is 0 Å². The van der Waals surface area contributed by atoms with Gasteiger partial charge >= 0.3 is 0 Å². The lowest BCUT2D eigenvalue weighted by Crippen LogP contribution is -2.30. The highest BCUT2D eigenvalue weighted by Crippen LogP contribution is 2.44. The Morgan fingerprint density at radius 1 is 1.38 bits per heavy atom. The second-order valence-corrected chi connectivity index (χ2v) is 6.78. The fourth-order valence-electron chi connectivity index (χ4n) is 4.32. The number of nitrogens with two attached hydrogens (primary N) is 1. The van der Waals surface area contributed by atoms with Crippen molar-refractivity contribution >= 4 is 6.21 Å². The first-order chi connectivity index (χ1) is 10.3. The fraction of sp³-hybridized carbons (Fsp3) is 0.632. The van der Waals surface area contributed by atoms with Gasteiger partial charge in [0.15, 0.2) is 0 Å².